The normalized spacial score (nSPS) is 11.6. The van der Waals surface area contributed by atoms with E-state index in [-0.39, 0.29) is 25.5 Å². The van der Waals surface area contributed by atoms with E-state index in [1.54, 1.807) is 0 Å². The first-order chi connectivity index (χ1) is 19.8. The van der Waals surface area contributed by atoms with Gasteiger partial charge in [-0.05, 0) is 45.5 Å². The first-order valence-electron chi connectivity index (χ1n) is 14.8. The van der Waals surface area contributed by atoms with Crippen molar-refractivity contribution < 1.29 is 20.1 Å². The molecule has 0 spiro atoms. The van der Waals surface area contributed by atoms with Crippen LogP contribution in [0.1, 0.15) is 51.3 Å². The van der Waals surface area contributed by atoms with E-state index in [9.17, 15) is 0 Å². The summed E-state index contributed by atoms with van der Waals surface area (Å²) in [5.74, 6) is 0. The van der Waals surface area contributed by atoms with Crippen molar-refractivity contribution in [1.29, 1.82) is 0 Å². The Labute approximate surface area is 274 Å². The molecule has 2 aromatic heterocycles. The smallest absolute Gasteiger partial charge is 0.0795 e. The molecule has 0 atom stereocenters. The third kappa shape index (κ3) is 9.40. The first-order valence-corrected chi connectivity index (χ1v) is 18.3. The first kappa shape index (κ1) is 34.3. The van der Waals surface area contributed by atoms with Gasteiger partial charge in [0.05, 0.1) is 8.07 Å². The van der Waals surface area contributed by atoms with Crippen molar-refractivity contribution in [2.45, 2.75) is 66.1 Å². The SMILES string of the molecule is CC(C)(C)Cc1ccnc(-c2[c-]cccc2)c1.CC(C)(c1ccccc1)c1ccc[c-]c1-c1ccc([Si](C)(C)C)cn1.[Ir]. The van der Waals surface area contributed by atoms with Crippen LogP contribution >= 0.6 is 0 Å². The van der Waals surface area contributed by atoms with E-state index in [2.05, 4.69) is 144 Å². The zero-order valence-electron chi connectivity index (χ0n) is 26.8. The van der Waals surface area contributed by atoms with Gasteiger partial charge in [0, 0.05) is 32.5 Å². The van der Waals surface area contributed by atoms with Crippen molar-refractivity contribution in [3.05, 3.63) is 138 Å². The Kier molecular flexibility index (Phi) is 11.6. The van der Waals surface area contributed by atoms with Crippen LogP contribution < -0.4 is 5.19 Å². The molecule has 5 aromatic rings. The number of nitrogens with zero attached hydrogens (tertiary/aromatic N) is 2. The fourth-order valence-electron chi connectivity index (χ4n) is 5.06. The molecule has 2 heterocycles. The second-order valence-electron chi connectivity index (χ2n) is 13.7. The van der Waals surface area contributed by atoms with Crippen LogP contribution in [0.3, 0.4) is 0 Å². The molecule has 1 radical (unpaired) electrons. The van der Waals surface area contributed by atoms with Crippen molar-refractivity contribution in [3.63, 3.8) is 0 Å². The molecule has 225 valence electrons. The molecule has 0 aliphatic rings. The Balaban J connectivity index is 0.000000247. The fraction of sp³-hybridized carbons (Fsp3) is 0.282. The van der Waals surface area contributed by atoms with Gasteiger partial charge in [0.2, 0.25) is 0 Å². The number of rotatable bonds is 6. The van der Waals surface area contributed by atoms with Crippen LogP contribution in [0.25, 0.3) is 22.5 Å². The molecule has 43 heavy (non-hydrogen) atoms. The van der Waals surface area contributed by atoms with E-state index in [1.165, 1.54) is 21.9 Å². The summed E-state index contributed by atoms with van der Waals surface area (Å²) in [7, 11) is -1.33. The number of pyridine rings is 2. The van der Waals surface area contributed by atoms with Crippen LogP contribution in [-0.4, -0.2) is 18.0 Å². The van der Waals surface area contributed by atoms with Crippen LogP contribution in [0.15, 0.2) is 109 Å². The van der Waals surface area contributed by atoms with Crippen molar-refractivity contribution in [1.82, 2.24) is 9.97 Å². The summed E-state index contributed by atoms with van der Waals surface area (Å²) in [5.41, 5.74) is 8.26. The summed E-state index contributed by atoms with van der Waals surface area (Å²) in [6.07, 6.45) is 5.01. The van der Waals surface area contributed by atoms with Gasteiger partial charge in [0.15, 0.2) is 0 Å². The van der Waals surface area contributed by atoms with Gasteiger partial charge in [-0.15, -0.1) is 71.3 Å². The molecule has 0 unspecified atom stereocenters. The molecule has 0 fully saturated rings. The summed E-state index contributed by atoms with van der Waals surface area (Å²) < 4.78 is 0. The predicted octanol–water partition coefficient (Wildman–Crippen LogP) is 9.55. The monoisotopic (exact) mass is 761 g/mol. The second kappa shape index (κ2) is 14.5. The van der Waals surface area contributed by atoms with Crippen molar-refractivity contribution in [2.75, 3.05) is 0 Å². The zero-order chi connectivity index (χ0) is 30.4. The average molecular weight is 761 g/mol. The molecule has 0 saturated heterocycles. The fourth-order valence-corrected chi connectivity index (χ4v) is 6.10. The molecule has 0 N–H and O–H groups in total. The average Bonchev–Trinajstić information content (AvgIpc) is 2.97. The maximum atomic E-state index is 4.79. The van der Waals surface area contributed by atoms with Crippen LogP contribution in [0, 0.1) is 17.5 Å². The summed E-state index contributed by atoms with van der Waals surface area (Å²) >= 11 is 0. The van der Waals surface area contributed by atoms with E-state index < -0.39 is 8.07 Å². The van der Waals surface area contributed by atoms with Gasteiger partial charge >= 0.3 is 0 Å². The van der Waals surface area contributed by atoms with Gasteiger partial charge in [-0.1, -0.05) is 108 Å². The standard InChI is InChI=1S/C23H26NSi.C16H18N.Ir/c1-23(2,18-11-7-6-8-12-18)21-14-10-9-13-20(21)22-16-15-19(17-24-22)25(3,4)5;1-16(2,3)12-13-9-10-17-15(11-13)14-7-5-4-6-8-14;/h6-12,14-17H,1-5H3;4-7,9-11H,12H2,1-3H3;/q2*-1;. The molecule has 4 heteroatoms. The van der Waals surface area contributed by atoms with E-state index in [0.717, 1.165) is 28.9 Å². The largest absolute Gasteiger partial charge is 0.305 e. The van der Waals surface area contributed by atoms with E-state index in [0.29, 0.717) is 5.41 Å². The third-order valence-corrected chi connectivity index (χ3v) is 9.48. The third-order valence-electron chi connectivity index (χ3n) is 7.45. The second-order valence-corrected chi connectivity index (χ2v) is 18.8. The van der Waals surface area contributed by atoms with Crippen molar-refractivity contribution in [3.8, 4) is 22.5 Å². The molecule has 0 aliphatic carbocycles. The maximum Gasteiger partial charge on any atom is 0.0795 e. The number of hydrogen-bond acceptors (Lipinski definition) is 2. The molecule has 3 aromatic carbocycles. The minimum absolute atomic E-state index is 0. The quantitative estimate of drug-likeness (QED) is 0.127. The van der Waals surface area contributed by atoms with Gasteiger partial charge in [0.25, 0.3) is 0 Å². The van der Waals surface area contributed by atoms with Gasteiger partial charge < -0.3 is 9.97 Å². The Morgan fingerprint density at radius 3 is 2.00 bits per heavy atom. The summed E-state index contributed by atoms with van der Waals surface area (Å²) in [4.78, 5) is 9.20. The number of benzene rings is 3. The van der Waals surface area contributed by atoms with E-state index in [4.69, 9.17) is 4.98 Å². The van der Waals surface area contributed by atoms with Crippen molar-refractivity contribution >= 4 is 13.3 Å². The minimum Gasteiger partial charge on any atom is -0.305 e. The molecule has 5 rings (SSSR count). The molecular weight excluding hydrogens is 717 g/mol. The van der Waals surface area contributed by atoms with E-state index >= 15 is 0 Å². The topological polar surface area (TPSA) is 25.8 Å². The van der Waals surface area contributed by atoms with Gasteiger partial charge in [-0.2, -0.15) is 0 Å². The van der Waals surface area contributed by atoms with E-state index in [1.807, 2.05) is 36.5 Å². The Bertz CT molecular complexity index is 1570. The Hall–Kier alpha value is -3.17. The number of aromatic nitrogens is 2. The molecule has 0 saturated carbocycles. The predicted molar refractivity (Wildman–Crippen MR) is 182 cm³/mol. The molecular formula is C39H44IrN2Si-2. The number of hydrogen-bond donors (Lipinski definition) is 0. The summed E-state index contributed by atoms with van der Waals surface area (Å²) in [5, 5.41) is 1.39. The summed E-state index contributed by atoms with van der Waals surface area (Å²) in [6.45, 7) is 18.3. The minimum atomic E-state index is -1.33. The summed E-state index contributed by atoms with van der Waals surface area (Å²) in [6, 6.07) is 40.2. The Morgan fingerprint density at radius 2 is 1.40 bits per heavy atom. The maximum absolute atomic E-state index is 4.79. The van der Waals surface area contributed by atoms with Crippen LogP contribution in [-0.2, 0) is 31.9 Å². The zero-order valence-corrected chi connectivity index (χ0v) is 30.2. The molecule has 2 nitrogen and oxygen atoms in total. The van der Waals surface area contributed by atoms with Crippen LogP contribution in [0.4, 0.5) is 0 Å². The van der Waals surface area contributed by atoms with Crippen LogP contribution in [0.2, 0.25) is 19.6 Å². The van der Waals surface area contributed by atoms with Gasteiger partial charge in [-0.3, -0.25) is 0 Å². The molecule has 0 bridgehead atoms. The van der Waals surface area contributed by atoms with Gasteiger partial charge in [-0.25, -0.2) is 0 Å². The Morgan fingerprint density at radius 1 is 0.698 bits per heavy atom. The molecule has 0 amide bonds. The van der Waals surface area contributed by atoms with Crippen LogP contribution in [0.5, 0.6) is 0 Å². The van der Waals surface area contributed by atoms with Gasteiger partial charge in [0.1, 0.15) is 0 Å². The molecule has 0 aliphatic heterocycles. The van der Waals surface area contributed by atoms with Crippen molar-refractivity contribution in [2.24, 2.45) is 5.41 Å².